The van der Waals surface area contributed by atoms with Crippen LogP contribution in [0.5, 0.6) is 0 Å². The molecule has 2 aliphatic rings. The maximum absolute atomic E-state index is 5.58. The minimum atomic E-state index is -0.125. The maximum Gasteiger partial charge on any atom is 0.141 e. The minimum Gasteiger partial charge on any atom is -0.370 e. The Kier molecular flexibility index (Phi) is 4.50. The van der Waals surface area contributed by atoms with Crippen LogP contribution in [0.1, 0.15) is 11.6 Å². The Labute approximate surface area is 248 Å². The second-order valence-corrected chi connectivity index (χ2v) is 11.6. The van der Waals surface area contributed by atoms with Gasteiger partial charge in [-0.15, -0.1) is 0 Å². The molecule has 1 aliphatic heterocycles. The monoisotopic (exact) mass is 547 g/mol. The van der Waals surface area contributed by atoms with Crippen molar-refractivity contribution >= 4 is 60.6 Å². The zero-order valence-corrected chi connectivity index (χ0v) is 23.3. The van der Waals surface area contributed by atoms with Gasteiger partial charge in [0.05, 0.1) is 22.4 Å². The molecule has 0 fully saturated rings. The first-order valence-corrected chi connectivity index (χ1v) is 14.9. The summed E-state index contributed by atoms with van der Waals surface area (Å²) in [6.45, 7) is 0. The summed E-state index contributed by atoms with van der Waals surface area (Å²) >= 11 is 0. The largest absolute Gasteiger partial charge is 0.370 e. The van der Waals surface area contributed by atoms with E-state index in [-0.39, 0.29) is 6.04 Å². The van der Waals surface area contributed by atoms with E-state index >= 15 is 0 Å². The first kappa shape index (κ1) is 23.0. The van der Waals surface area contributed by atoms with E-state index in [0.29, 0.717) is 0 Å². The number of anilines is 1. The van der Waals surface area contributed by atoms with Crippen molar-refractivity contribution in [1.82, 2.24) is 4.57 Å². The molecular weight excluding hydrogens is 522 g/mol. The fraction of sp³-hybridized carbons (Fsp3) is 0.0250. The average molecular weight is 548 g/mol. The van der Waals surface area contributed by atoms with Crippen LogP contribution < -0.4 is 5.32 Å². The molecule has 3 nitrogen and oxygen atoms in total. The van der Waals surface area contributed by atoms with Gasteiger partial charge in [0, 0.05) is 16.2 Å². The van der Waals surface area contributed by atoms with E-state index in [2.05, 4.69) is 149 Å². The van der Waals surface area contributed by atoms with E-state index in [9.17, 15) is 0 Å². The van der Waals surface area contributed by atoms with E-state index in [1.807, 2.05) is 0 Å². The minimum absolute atomic E-state index is 0.125. The maximum atomic E-state index is 5.58. The van der Waals surface area contributed by atoms with Crippen LogP contribution >= 0.6 is 0 Å². The molecule has 10 rings (SSSR count). The molecule has 0 spiro atoms. The Morgan fingerprint density at radius 2 is 1.07 bits per heavy atom. The van der Waals surface area contributed by atoms with Gasteiger partial charge in [-0.05, 0) is 62.2 Å². The highest BCUT2D eigenvalue weighted by Gasteiger charge is 2.31. The zero-order chi connectivity index (χ0) is 28.1. The number of nitrogens with zero attached hydrogens (tertiary/aromatic N) is 2. The lowest BCUT2D eigenvalue weighted by Crippen LogP contribution is -2.29. The lowest BCUT2D eigenvalue weighted by molar-refractivity contribution is 0.964. The zero-order valence-electron chi connectivity index (χ0n) is 23.3. The summed E-state index contributed by atoms with van der Waals surface area (Å²) in [5.41, 5.74) is 10.7. The number of aromatic nitrogens is 1. The summed E-state index contributed by atoms with van der Waals surface area (Å²) in [6.07, 6.45) is 0. The molecule has 0 amide bonds. The van der Waals surface area contributed by atoms with E-state index in [4.69, 9.17) is 4.99 Å². The van der Waals surface area contributed by atoms with Gasteiger partial charge in [0.2, 0.25) is 0 Å². The van der Waals surface area contributed by atoms with Crippen LogP contribution in [0.4, 0.5) is 11.4 Å². The summed E-state index contributed by atoms with van der Waals surface area (Å²) in [6, 6.07) is 50.4. The standard InChI is InChI=1S/C40H25N3/c1-2-11-26(12-3-1)38-40(42-39-27-15-5-4-10-24(27)22-23-32(39)41-38)43-33-20-8-18-30-28-16-6-13-25-14-7-17-29(35(25)28)31-19-9-21-34(43)37(31)36(30)33/h1-23,38,41H. The van der Waals surface area contributed by atoms with Gasteiger partial charge in [0.1, 0.15) is 11.9 Å². The highest BCUT2D eigenvalue weighted by molar-refractivity contribution is 6.29. The predicted octanol–water partition coefficient (Wildman–Crippen LogP) is 10.5. The van der Waals surface area contributed by atoms with Crippen molar-refractivity contribution in [2.75, 3.05) is 5.32 Å². The lowest BCUT2D eigenvalue weighted by Gasteiger charge is -2.29. The molecule has 1 aromatic heterocycles. The molecule has 0 radical (unpaired) electrons. The SMILES string of the molecule is c1ccc(C2Nc3ccc4ccccc4c3N=C2n2c3cccc4c3c3c(cccc32)-c2cccc3cccc-4c23)cc1. The van der Waals surface area contributed by atoms with Gasteiger partial charge in [0.15, 0.2) is 0 Å². The van der Waals surface area contributed by atoms with Crippen molar-refractivity contribution in [2.45, 2.75) is 6.04 Å². The summed E-state index contributed by atoms with van der Waals surface area (Å²) in [5.74, 6) is 0.983. The summed E-state index contributed by atoms with van der Waals surface area (Å²) in [7, 11) is 0. The van der Waals surface area contributed by atoms with Crippen LogP contribution in [0.2, 0.25) is 0 Å². The third-order valence-corrected chi connectivity index (χ3v) is 9.35. The topological polar surface area (TPSA) is 29.3 Å². The first-order chi connectivity index (χ1) is 21.3. The molecule has 1 atom stereocenters. The molecule has 3 heteroatoms. The number of hydrogen-bond acceptors (Lipinski definition) is 2. The molecule has 0 saturated heterocycles. The van der Waals surface area contributed by atoms with E-state index in [1.165, 1.54) is 65.8 Å². The van der Waals surface area contributed by atoms with Gasteiger partial charge in [-0.3, -0.25) is 4.57 Å². The highest BCUT2D eigenvalue weighted by Crippen LogP contribution is 2.50. The smallest absolute Gasteiger partial charge is 0.141 e. The molecule has 43 heavy (non-hydrogen) atoms. The number of aliphatic imine (C=N–C) groups is 1. The third-order valence-electron chi connectivity index (χ3n) is 9.35. The van der Waals surface area contributed by atoms with Crippen molar-refractivity contribution < 1.29 is 0 Å². The Bertz CT molecular complexity index is 2390. The van der Waals surface area contributed by atoms with Crippen LogP contribution in [0.25, 0.3) is 65.6 Å². The molecular formula is C40H25N3. The molecule has 200 valence electrons. The molecule has 1 aliphatic carbocycles. The van der Waals surface area contributed by atoms with Crippen LogP contribution in [0.3, 0.4) is 0 Å². The number of benzene rings is 7. The molecule has 7 aromatic carbocycles. The number of nitrogens with one attached hydrogen (secondary N) is 1. The second-order valence-electron chi connectivity index (χ2n) is 11.6. The second kappa shape index (κ2) is 8.43. The first-order valence-electron chi connectivity index (χ1n) is 14.9. The summed E-state index contributed by atoms with van der Waals surface area (Å²) in [5, 5.41) is 11.4. The highest BCUT2D eigenvalue weighted by atomic mass is 15.2. The Balaban J connectivity index is 1.37. The van der Waals surface area contributed by atoms with Gasteiger partial charge >= 0.3 is 0 Å². The van der Waals surface area contributed by atoms with Crippen LogP contribution in [0.15, 0.2) is 145 Å². The van der Waals surface area contributed by atoms with Crippen LogP contribution in [0, 0.1) is 0 Å². The Morgan fingerprint density at radius 3 is 1.77 bits per heavy atom. The molecule has 0 saturated carbocycles. The summed E-state index contributed by atoms with van der Waals surface area (Å²) in [4.78, 5) is 5.58. The third kappa shape index (κ3) is 3.06. The van der Waals surface area contributed by atoms with Gasteiger partial charge in [-0.25, -0.2) is 4.99 Å². The molecule has 1 N–H and O–H groups in total. The predicted molar refractivity (Wildman–Crippen MR) is 181 cm³/mol. The van der Waals surface area contributed by atoms with Crippen molar-refractivity contribution in [3.63, 3.8) is 0 Å². The molecule has 0 bridgehead atoms. The van der Waals surface area contributed by atoms with Gasteiger partial charge in [-0.1, -0.05) is 121 Å². The Hall–Kier alpha value is -5.67. The fourth-order valence-corrected chi connectivity index (χ4v) is 7.54. The molecule has 2 heterocycles. The van der Waals surface area contributed by atoms with Crippen LogP contribution in [-0.2, 0) is 0 Å². The van der Waals surface area contributed by atoms with Crippen molar-refractivity contribution in [1.29, 1.82) is 0 Å². The van der Waals surface area contributed by atoms with E-state index in [1.54, 1.807) is 0 Å². The van der Waals surface area contributed by atoms with E-state index < -0.39 is 0 Å². The lowest BCUT2D eigenvalue weighted by atomic mass is 9.93. The van der Waals surface area contributed by atoms with Gasteiger partial charge in [0.25, 0.3) is 0 Å². The van der Waals surface area contributed by atoms with E-state index in [0.717, 1.165) is 22.6 Å². The van der Waals surface area contributed by atoms with Gasteiger partial charge in [-0.2, -0.15) is 0 Å². The Morgan fingerprint density at radius 1 is 0.488 bits per heavy atom. The molecule has 8 aromatic rings. The van der Waals surface area contributed by atoms with Crippen molar-refractivity contribution in [2.24, 2.45) is 4.99 Å². The van der Waals surface area contributed by atoms with Crippen molar-refractivity contribution in [3.8, 4) is 22.3 Å². The van der Waals surface area contributed by atoms with Gasteiger partial charge < -0.3 is 5.32 Å². The summed E-state index contributed by atoms with van der Waals surface area (Å²) < 4.78 is 2.42. The number of rotatable bonds is 1. The average Bonchev–Trinajstić information content (AvgIpc) is 3.36. The van der Waals surface area contributed by atoms with Crippen molar-refractivity contribution in [3.05, 3.63) is 145 Å². The molecule has 1 unspecified atom stereocenters. The fourth-order valence-electron chi connectivity index (χ4n) is 7.54. The normalized spacial score (nSPS) is 15.1. The van der Waals surface area contributed by atoms with Crippen LogP contribution in [-0.4, -0.2) is 10.4 Å². The number of hydrogen-bond donors (Lipinski definition) is 1. The quantitative estimate of drug-likeness (QED) is 0.218. The number of fused-ring (bicyclic) bond motifs is 5.